The summed E-state index contributed by atoms with van der Waals surface area (Å²) in [4.78, 5) is 46.9. The number of anilines is 1. The van der Waals surface area contributed by atoms with Crippen molar-refractivity contribution in [2.75, 3.05) is 12.4 Å². The van der Waals surface area contributed by atoms with Gasteiger partial charge in [-0.1, -0.05) is 32.1 Å². The summed E-state index contributed by atoms with van der Waals surface area (Å²) in [5, 5.41) is 6.23. The van der Waals surface area contributed by atoms with E-state index >= 15 is 0 Å². The van der Waals surface area contributed by atoms with E-state index in [0.29, 0.717) is 23.4 Å². The van der Waals surface area contributed by atoms with E-state index in [9.17, 15) is 14.4 Å². The molecular formula is C27H34N2O5. The van der Waals surface area contributed by atoms with Crippen LogP contribution in [-0.4, -0.2) is 30.9 Å². The molecule has 7 atom stereocenters. The van der Waals surface area contributed by atoms with Crippen LogP contribution in [0.4, 0.5) is 5.69 Å². The van der Waals surface area contributed by atoms with Gasteiger partial charge in [0.05, 0.1) is 18.4 Å². The largest absolute Gasteiger partial charge is 0.375 e. The molecule has 182 valence electrons. The summed E-state index contributed by atoms with van der Waals surface area (Å²) < 4.78 is 0. The zero-order valence-corrected chi connectivity index (χ0v) is 20.1. The zero-order chi connectivity index (χ0) is 24.1. The second-order valence-electron chi connectivity index (χ2n) is 11.0. The molecule has 5 rings (SSSR count). The van der Waals surface area contributed by atoms with E-state index in [-0.39, 0.29) is 40.2 Å². The molecule has 0 spiro atoms. The molecule has 34 heavy (non-hydrogen) atoms. The van der Waals surface area contributed by atoms with Crippen LogP contribution in [0.1, 0.15) is 62.7 Å². The van der Waals surface area contributed by atoms with Gasteiger partial charge in [-0.2, -0.15) is 4.89 Å². The van der Waals surface area contributed by atoms with Gasteiger partial charge in [0.2, 0.25) is 11.8 Å². The topological polar surface area (TPSA) is 93.7 Å². The molecular weight excluding hydrogens is 432 g/mol. The summed E-state index contributed by atoms with van der Waals surface area (Å²) in [6.45, 7) is 4.60. The lowest BCUT2D eigenvalue weighted by Gasteiger charge is -2.58. The molecule has 7 nitrogen and oxygen atoms in total. The number of hydrogen-bond donors (Lipinski definition) is 2. The van der Waals surface area contributed by atoms with Gasteiger partial charge in [-0.3, -0.25) is 14.5 Å². The van der Waals surface area contributed by atoms with E-state index in [1.807, 2.05) is 0 Å². The Bertz CT molecular complexity index is 1040. The van der Waals surface area contributed by atoms with E-state index in [2.05, 4.69) is 40.3 Å². The van der Waals surface area contributed by atoms with E-state index in [0.717, 1.165) is 38.5 Å². The van der Waals surface area contributed by atoms with Gasteiger partial charge >= 0.3 is 5.97 Å². The SMILES string of the molecule is COOC(=O)c1ccccc1NC(=O)[C@H]1CC[C@H]2[C@@H]3CC[C@H]4NC(=O)C=C[C@]4(C)[C@H]3CC[C@]12C. The van der Waals surface area contributed by atoms with Crippen LogP contribution in [-0.2, 0) is 19.4 Å². The van der Waals surface area contributed by atoms with Crippen LogP contribution in [0.3, 0.4) is 0 Å². The van der Waals surface area contributed by atoms with Crippen LogP contribution in [0.5, 0.6) is 0 Å². The van der Waals surface area contributed by atoms with Gasteiger partial charge in [-0.15, -0.1) is 0 Å². The Labute approximate surface area is 200 Å². The number of para-hydroxylation sites is 1. The minimum Gasteiger partial charge on any atom is -0.349 e. The van der Waals surface area contributed by atoms with Crippen LogP contribution in [0.15, 0.2) is 36.4 Å². The van der Waals surface area contributed by atoms with E-state index in [1.165, 1.54) is 7.11 Å². The van der Waals surface area contributed by atoms with Gasteiger partial charge in [0.15, 0.2) is 0 Å². The van der Waals surface area contributed by atoms with Crippen LogP contribution < -0.4 is 10.6 Å². The predicted octanol–water partition coefficient (Wildman–Crippen LogP) is 4.26. The maximum absolute atomic E-state index is 13.5. The Kier molecular flexibility index (Phi) is 5.79. The van der Waals surface area contributed by atoms with Crippen molar-refractivity contribution in [3.05, 3.63) is 42.0 Å². The number of hydrogen-bond acceptors (Lipinski definition) is 5. The highest BCUT2D eigenvalue weighted by molar-refractivity contribution is 6.02. The van der Waals surface area contributed by atoms with Gasteiger partial charge in [-0.05, 0) is 79.9 Å². The second-order valence-corrected chi connectivity index (χ2v) is 11.0. The first-order valence-electron chi connectivity index (χ1n) is 12.4. The lowest BCUT2D eigenvalue weighted by molar-refractivity contribution is -0.216. The number of fused-ring (bicyclic) bond motifs is 5. The number of benzene rings is 1. The van der Waals surface area contributed by atoms with E-state index in [4.69, 9.17) is 0 Å². The lowest BCUT2D eigenvalue weighted by atomic mass is 9.48. The highest BCUT2D eigenvalue weighted by Gasteiger charge is 2.60. The van der Waals surface area contributed by atoms with E-state index < -0.39 is 5.97 Å². The molecule has 0 saturated heterocycles. The van der Waals surface area contributed by atoms with Gasteiger partial charge in [0, 0.05) is 17.4 Å². The molecule has 2 amide bonds. The number of amides is 2. The summed E-state index contributed by atoms with van der Waals surface area (Å²) in [6.07, 6.45) is 9.91. The first kappa shape index (κ1) is 23.1. The first-order chi connectivity index (χ1) is 16.3. The standard InChI is InChI=1S/C27H34N2O5/c1-26-14-12-19-16(8-11-22-27(19,2)15-13-23(30)29-22)18(26)9-10-20(26)24(31)28-21-7-5-4-6-17(21)25(32)34-33-3/h4-7,13,15-16,18-20,22H,8-12,14H2,1-3H3,(H,28,31)(H,29,30)/t16-,18-,19-,20+,22+,26-,27+/m0/s1. The molecule has 0 unspecified atom stereocenters. The van der Waals surface area contributed by atoms with Gasteiger partial charge in [-0.25, -0.2) is 4.79 Å². The molecule has 1 aliphatic heterocycles. The molecule has 0 aromatic heterocycles. The maximum Gasteiger partial charge on any atom is 0.375 e. The Balaban J connectivity index is 1.35. The fourth-order valence-electron chi connectivity index (χ4n) is 7.87. The molecule has 7 heteroatoms. The highest BCUT2D eigenvalue weighted by atomic mass is 17.2. The Hall–Kier alpha value is -2.67. The Morgan fingerprint density at radius 1 is 1.06 bits per heavy atom. The summed E-state index contributed by atoms with van der Waals surface area (Å²) in [6, 6.07) is 7.08. The second kappa shape index (κ2) is 8.52. The highest BCUT2D eigenvalue weighted by Crippen LogP contribution is 2.65. The van der Waals surface area contributed by atoms with Crippen LogP contribution in [0, 0.1) is 34.5 Å². The third-order valence-electron chi connectivity index (χ3n) is 9.57. The third-order valence-corrected chi connectivity index (χ3v) is 9.57. The average Bonchev–Trinajstić information content (AvgIpc) is 3.17. The number of rotatable bonds is 4. The Morgan fingerprint density at radius 2 is 1.85 bits per heavy atom. The minimum absolute atomic E-state index is 0.0147. The van der Waals surface area contributed by atoms with Crippen LogP contribution in [0.25, 0.3) is 0 Å². The van der Waals surface area contributed by atoms with Crippen molar-refractivity contribution in [1.29, 1.82) is 0 Å². The molecule has 0 bridgehead atoms. The molecule has 1 heterocycles. The van der Waals surface area contributed by atoms with Crippen molar-refractivity contribution in [1.82, 2.24) is 5.32 Å². The van der Waals surface area contributed by atoms with Crippen molar-refractivity contribution in [2.24, 2.45) is 34.5 Å². The van der Waals surface area contributed by atoms with Crippen molar-refractivity contribution in [3.8, 4) is 0 Å². The maximum atomic E-state index is 13.5. The summed E-state index contributed by atoms with van der Waals surface area (Å²) in [5.74, 6) is 0.831. The molecule has 3 aliphatic carbocycles. The van der Waals surface area contributed by atoms with Crippen molar-refractivity contribution < 1.29 is 24.2 Å². The Morgan fingerprint density at radius 3 is 2.65 bits per heavy atom. The number of carbonyl (C=O) groups excluding carboxylic acids is 3. The molecule has 1 aromatic rings. The quantitative estimate of drug-likeness (QED) is 0.511. The van der Waals surface area contributed by atoms with Crippen molar-refractivity contribution >= 4 is 23.5 Å². The number of carbonyl (C=O) groups is 3. The molecule has 3 saturated carbocycles. The fourth-order valence-corrected chi connectivity index (χ4v) is 7.87. The predicted molar refractivity (Wildman–Crippen MR) is 126 cm³/mol. The number of nitrogens with one attached hydrogen (secondary N) is 2. The van der Waals surface area contributed by atoms with Gasteiger partial charge < -0.3 is 10.6 Å². The van der Waals surface area contributed by atoms with E-state index in [1.54, 1.807) is 30.3 Å². The monoisotopic (exact) mass is 466 g/mol. The van der Waals surface area contributed by atoms with Crippen LogP contribution >= 0.6 is 0 Å². The molecule has 1 aromatic carbocycles. The first-order valence-corrected chi connectivity index (χ1v) is 12.4. The summed E-state index contributed by atoms with van der Waals surface area (Å²) in [7, 11) is 1.28. The smallest absolute Gasteiger partial charge is 0.349 e. The fraction of sp³-hybridized carbons (Fsp3) is 0.593. The van der Waals surface area contributed by atoms with Gasteiger partial charge in [0.25, 0.3) is 0 Å². The molecule has 3 fully saturated rings. The van der Waals surface area contributed by atoms with Crippen LogP contribution in [0.2, 0.25) is 0 Å². The summed E-state index contributed by atoms with van der Waals surface area (Å²) in [5.41, 5.74) is 0.641. The third kappa shape index (κ3) is 3.56. The average molecular weight is 467 g/mol. The normalized spacial score (nSPS) is 38.2. The minimum atomic E-state index is -0.632. The zero-order valence-electron chi connectivity index (χ0n) is 20.1. The van der Waals surface area contributed by atoms with Crippen molar-refractivity contribution in [2.45, 2.75) is 58.4 Å². The van der Waals surface area contributed by atoms with Crippen molar-refractivity contribution in [3.63, 3.8) is 0 Å². The summed E-state index contributed by atoms with van der Waals surface area (Å²) >= 11 is 0. The lowest BCUT2D eigenvalue weighted by Crippen LogP contribution is -2.59. The van der Waals surface area contributed by atoms with Gasteiger partial charge in [0.1, 0.15) is 0 Å². The molecule has 4 aliphatic rings. The molecule has 2 N–H and O–H groups in total. The molecule has 0 radical (unpaired) electrons.